The molecule has 0 saturated heterocycles. The van der Waals surface area contributed by atoms with Gasteiger partial charge in [0.1, 0.15) is 6.54 Å². The van der Waals surface area contributed by atoms with Crippen LogP contribution in [-0.4, -0.2) is 22.4 Å². The van der Waals surface area contributed by atoms with Crippen LogP contribution in [0.3, 0.4) is 0 Å². The topological polar surface area (TPSA) is 44.1 Å². The molecule has 4 heteroatoms. The number of aromatic nitrogens is 2. The van der Waals surface area contributed by atoms with E-state index in [9.17, 15) is 4.79 Å². The van der Waals surface area contributed by atoms with E-state index >= 15 is 0 Å². The molecule has 2 rings (SSSR count). The Morgan fingerprint density at radius 1 is 1.44 bits per heavy atom. The molecule has 0 N–H and O–H groups in total. The molecule has 0 radical (unpaired) electrons. The van der Waals surface area contributed by atoms with Crippen molar-refractivity contribution in [2.24, 2.45) is 0 Å². The first-order chi connectivity index (χ1) is 7.72. The molecule has 0 amide bonds. The maximum Gasteiger partial charge on any atom is 0.327 e. The Balaban J connectivity index is 2.34. The quantitative estimate of drug-likeness (QED) is 0.739. The molecule has 0 atom stereocenters. The molecule has 0 spiro atoms. The van der Waals surface area contributed by atoms with Crippen LogP contribution in [0, 0.1) is 6.92 Å². The molecule has 0 unspecified atom stereocenters. The van der Waals surface area contributed by atoms with Crippen molar-refractivity contribution >= 4 is 16.9 Å². The van der Waals surface area contributed by atoms with E-state index in [1.165, 1.54) is 0 Å². The summed E-state index contributed by atoms with van der Waals surface area (Å²) in [6.45, 7) is 4.30. The van der Waals surface area contributed by atoms with E-state index < -0.39 is 0 Å². The highest BCUT2D eigenvalue weighted by atomic mass is 16.5. The second-order valence-corrected chi connectivity index (χ2v) is 3.57. The zero-order valence-electron chi connectivity index (χ0n) is 9.43. The number of rotatable bonds is 3. The molecule has 0 aliphatic heterocycles. The summed E-state index contributed by atoms with van der Waals surface area (Å²) in [5.74, 6) is -0.254. The van der Waals surface area contributed by atoms with Gasteiger partial charge in [-0.05, 0) is 19.9 Å². The second kappa shape index (κ2) is 4.35. The van der Waals surface area contributed by atoms with Crippen molar-refractivity contribution in [2.45, 2.75) is 20.4 Å². The van der Waals surface area contributed by atoms with Crippen molar-refractivity contribution in [3.05, 3.63) is 30.0 Å². The number of carbonyl (C=O) groups excluding carboxylic acids is 1. The van der Waals surface area contributed by atoms with E-state index in [4.69, 9.17) is 4.74 Å². The van der Waals surface area contributed by atoms with Gasteiger partial charge >= 0.3 is 5.97 Å². The molecule has 84 valence electrons. The van der Waals surface area contributed by atoms with Gasteiger partial charge in [-0.25, -0.2) is 0 Å². The van der Waals surface area contributed by atoms with Gasteiger partial charge in [-0.15, -0.1) is 0 Å². The SMILES string of the molecule is CCOC(=O)Cn1nc(C)c2ccccc21. The highest BCUT2D eigenvalue weighted by Gasteiger charge is 2.10. The van der Waals surface area contributed by atoms with Crippen LogP contribution in [0.2, 0.25) is 0 Å². The Morgan fingerprint density at radius 3 is 2.94 bits per heavy atom. The van der Waals surface area contributed by atoms with Crippen molar-refractivity contribution in [1.82, 2.24) is 9.78 Å². The number of carbonyl (C=O) groups is 1. The normalized spacial score (nSPS) is 10.6. The zero-order chi connectivity index (χ0) is 11.5. The molecule has 16 heavy (non-hydrogen) atoms. The maximum atomic E-state index is 11.4. The maximum absolute atomic E-state index is 11.4. The van der Waals surface area contributed by atoms with Crippen molar-refractivity contribution in [3.8, 4) is 0 Å². The largest absolute Gasteiger partial charge is 0.465 e. The third-order valence-corrected chi connectivity index (χ3v) is 2.43. The number of hydrogen-bond acceptors (Lipinski definition) is 3. The smallest absolute Gasteiger partial charge is 0.327 e. The lowest BCUT2D eigenvalue weighted by molar-refractivity contribution is -0.143. The fourth-order valence-corrected chi connectivity index (χ4v) is 1.74. The number of aryl methyl sites for hydroxylation is 1. The summed E-state index contributed by atoms with van der Waals surface area (Å²) in [6, 6.07) is 7.85. The van der Waals surface area contributed by atoms with Gasteiger partial charge in [-0.2, -0.15) is 5.10 Å². The lowest BCUT2D eigenvalue weighted by Gasteiger charge is -2.02. The van der Waals surface area contributed by atoms with Crippen LogP contribution in [0.25, 0.3) is 10.9 Å². The summed E-state index contributed by atoms with van der Waals surface area (Å²) in [6.07, 6.45) is 0. The highest BCUT2D eigenvalue weighted by Crippen LogP contribution is 2.17. The van der Waals surface area contributed by atoms with Gasteiger partial charge in [0.05, 0.1) is 17.8 Å². The van der Waals surface area contributed by atoms with Gasteiger partial charge < -0.3 is 4.74 Å². The van der Waals surface area contributed by atoms with E-state index in [2.05, 4.69) is 5.10 Å². The molecule has 1 aromatic heterocycles. The van der Waals surface area contributed by atoms with Gasteiger partial charge in [0, 0.05) is 5.39 Å². The molecular weight excluding hydrogens is 204 g/mol. The lowest BCUT2D eigenvalue weighted by Crippen LogP contribution is -2.14. The Bertz CT molecular complexity index is 517. The second-order valence-electron chi connectivity index (χ2n) is 3.57. The number of nitrogens with zero attached hydrogens (tertiary/aromatic N) is 2. The first-order valence-electron chi connectivity index (χ1n) is 5.30. The van der Waals surface area contributed by atoms with Crippen LogP contribution < -0.4 is 0 Å². The zero-order valence-corrected chi connectivity index (χ0v) is 9.43. The number of benzene rings is 1. The van der Waals surface area contributed by atoms with Crippen molar-refractivity contribution in [1.29, 1.82) is 0 Å². The van der Waals surface area contributed by atoms with E-state index in [0.29, 0.717) is 6.61 Å². The number of esters is 1. The summed E-state index contributed by atoms with van der Waals surface area (Å²) in [5, 5.41) is 5.40. The molecule has 0 bridgehead atoms. The Labute approximate surface area is 93.8 Å². The fraction of sp³-hybridized carbons (Fsp3) is 0.333. The third kappa shape index (κ3) is 1.91. The molecule has 1 heterocycles. The molecule has 0 aliphatic rings. The third-order valence-electron chi connectivity index (χ3n) is 2.43. The number of ether oxygens (including phenoxy) is 1. The van der Waals surface area contributed by atoms with E-state index in [1.807, 2.05) is 31.2 Å². The summed E-state index contributed by atoms with van der Waals surface area (Å²) < 4.78 is 6.59. The van der Waals surface area contributed by atoms with Crippen LogP contribution in [0.1, 0.15) is 12.6 Å². The van der Waals surface area contributed by atoms with Crippen LogP contribution in [-0.2, 0) is 16.1 Å². The Hall–Kier alpha value is -1.84. The van der Waals surface area contributed by atoms with Gasteiger partial charge in [-0.3, -0.25) is 9.48 Å². The molecule has 4 nitrogen and oxygen atoms in total. The molecule has 2 aromatic rings. The molecule has 0 aliphatic carbocycles. The molecule has 0 saturated carbocycles. The standard InChI is InChI=1S/C12H14N2O2/c1-3-16-12(15)8-14-11-7-5-4-6-10(11)9(2)13-14/h4-7H,3,8H2,1-2H3. The number of para-hydroxylation sites is 1. The molecular formula is C12H14N2O2. The van der Waals surface area contributed by atoms with Gasteiger partial charge in [0.15, 0.2) is 0 Å². The van der Waals surface area contributed by atoms with Crippen LogP contribution in [0.4, 0.5) is 0 Å². The van der Waals surface area contributed by atoms with Gasteiger partial charge in [0.2, 0.25) is 0 Å². The van der Waals surface area contributed by atoms with Crippen molar-refractivity contribution in [2.75, 3.05) is 6.61 Å². The van der Waals surface area contributed by atoms with Crippen LogP contribution in [0.5, 0.6) is 0 Å². The molecule has 0 fully saturated rings. The predicted molar refractivity (Wildman–Crippen MR) is 61.1 cm³/mol. The Morgan fingerprint density at radius 2 is 2.19 bits per heavy atom. The average molecular weight is 218 g/mol. The summed E-state index contributed by atoms with van der Waals surface area (Å²) in [5.41, 5.74) is 1.90. The number of hydrogen-bond donors (Lipinski definition) is 0. The summed E-state index contributed by atoms with van der Waals surface area (Å²) in [7, 11) is 0. The first kappa shape index (κ1) is 10.7. The van der Waals surface area contributed by atoms with Crippen molar-refractivity contribution < 1.29 is 9.53 Å². The molecule has 1 aromatic carbocycles. The highest BCUT2D eigenvalue weighted by molar-refractivity contribution is 5.83. The minimum Gasteiger partial charge on any atom is -0.465 e. The van der Waals surface area contributed by atoms with E-state index in [1.54, 1.807) is 11.6 Å². The van der Waals surface area contributed by atoms with Crippen LogP contribution in [0.15, 0.2) is 24.3 Å². The lowest BCUT2D eigenvalue weighted by atomic mass is 10.2. The average Bonchev–Trinajstić information content (AvgIpc) is 2.57. The minimum absolute atomic E-state index is 0.169. The summed E-state index contributed by atoms with van der Waals surface area (Å²) >= 11 is 0. The fourth-order valence-electron chi connectivity index (χ4n) is 1.74. The minimum atomic E-state index is -0.254. The van der Waals surface area contributed by atoms with Gasteiger partial charge in [0.25, 0.3) is 0 Å². The van der Waals surface area contributed by atoms with E-state index in [-0.39, 0.29) is 12.5 Å². The number of fused-ring (bicyclic) bond motifs is 1. The first-order valence-corrected chi connectivity index (χ1v) is 5.30. The Kier molecular flexibility index (Phi) is 2.90. The van der Waals surface area contributed by atoms with Crippen molar-refractivity contribution in [3.63, 3.8) is 0 Å². The predicted octanol–water partition coefficient (Wildman–Crippen LogP) is 1.91. The van der Waals surface area contributed by atoms with E-state index in [0.717, 1.165) is 16.6 Å². The van der Waals surface area contributed by atoms with Gasteiger partial charge in [-0.1, -0.05) is 18.2 Å². The summed E-state index contributed by atoms with van der Waals surface area (Å²) in [4.78, 5) is 11.4. The monoisotopic (exact) mass is 218 g/mol. The van der Waals surface area contributed by atoms with Crippen LogP contribution >= 0.6 is 0 Å².